The van der Waals surface area contributed by atoms with E-state index in [1.807, 2.05) is 31.2 Å². The summed E-state index contributed by atoms with van der Waals surface area (Å²) in [4.78, 5) is 17.1. The van der Waals surface area contributed by atoms with E-state index in [2.05, 4.69) is 20.0 Å². The maximum atomic E-state index is 13.1. The third kappa shape index (κ3) is 4.62. The lowest BCUT2D eigenvalue weighted by Gasteiger charge is -2.11. The zero-order valence-corrected chi connectivity index (χ0v) is 18.6. The summed E-state index contributed by atoms with van der Waals surface area (Å²) in [6.07, 6.45) is -4.34. The van der Waals surface area contributed by atoms with Gasteiger partial charge in [-0.2, -0.15) is 18.3 Å². The Bertz CT molecular complexity index is 1320. The van der Waals surface area contributed by atoms with E-state index < -0.39 is 11.7 Å². The molecule has 0 radical (unpaired) electrons. The van der Waals surface area contributed by atoms with Crippen molar-refractivity contribution in [3.63, 3.8) is 0 Å². The topological polar surface area (TPSA) is 64.7 Å². The van der Waals surface area contributed by atoms with Gasteiger partial charge in [0.05, 0.1) is 34.4 Å². The average Bonchev–Trinajstić information content (AvgIpc) is 3.24. The first kappa shape index (κ1) is 22.6. The molecule has 0 fully saturated rings. The third-order valence-electron chi connectivity index (χ3n) is 5.70. The molecule has 2 heterocycles. The second-order valence-corrected chi connectivity index (χ2v) is 7.94. The summed E-state index contributed by atoms with van der Waals surface area (Å²) in [6.45, 7) is 6.45. The predicted octanol–water partition coefficient (Wildman–Crippen LogP) is 4.52. The van der Waals surface area contributed by atoms with Gasteiger partial charge in [-0.05, 0) is 51.1 Å². The SMILES string of the molecule is Cc1nn(-c2cccc(C(F)(F)F)c2)c(C)c1CC(=O)NCCn1c(C)nc2ccccc21. The minimum Gasteiger partial charge on any atom is -0.354 e. The number of imidazole rings is 1. The van der Waals surface area contributed by atoms with E-state index in [4.69, 9.17) is 0 Å². The van der Waals surface area contributed by atoms with E-state index in [1.165, 1.54) is 10.7 Å². The zero-order chi connectivity index (χ0) is 23.8. The molecule has 33 heavy (non-hydrogen) atoms. The number of amides is 1. The molecule has 0 unspecified atom stereocenters. The van der Waals surface area contributed by atoms with Crippen LogP contribution in [0, 0.1) is 20.8 Å². The Balaban J connectivity index is 1.45. The number of carbonyl (C=O) groups is 1. The van der Waals surface area contributed by atoms with Crippen molar-refractivity contribution >= 4 is 16.9 Å². The number of nitrogens with one attached hydrogen (secondary N) is 1. The highest BCUT2D eigenvalue weighted by atomic mass is 19.4. The summed E-state index contributed by atoms with van der Waals surface area (Å²) in [7, 11) is 0. The minimum absolute atomic E-state index is 0.0975. The van der Waals surface area contributed by atoms with Crippen LogP contribution in [0.15, 0.2) is 48.5 Å². The normalized spacial score (nSPS) is 11.8. The molecule has 0 aliphatic rings. The molecule has 0 aliphatic carbocycles. The van der Waals surface area contributed by atoms with Crippen LogP contribution in [0.3, 0.4) is 0 Å². The number of benzene rings is 2. The van der Waals surface area contributed by atoms with Crippen molar-refractivity contribution in [2.45, 2.75) is 39.9 Å². The van der Waals surface area contributed by atoms with Crippen molar-refractivity contribution in [3.05, 3.63) is 76.9 Å². The van der Waals surface area contributed by atoms with Gasteiger partial charge in [-0.15, -0.1) is 0 Å². The molecule has 0 bridgehead atoms. The fraction of sp³-hybridized carbons (Fsp3) is 0.292. The van der Waals surface area contributed by atoms with Crippen LogP contribution in [0.4, 0.5) is 13.2 Å². The molecule has 4 rings (SSSR count). The van der Waals surface area contributed by atoms with Crippen LogP contribution in [0.25, 0.3) is 16.7 Å². The monoisotopic (exact) mass is 455 g/mol. The number of aryl methyl sites for hydroxylation is 2. The Morgan fingerprint density at radius 3 is 2.58 bits per heavy atom. The number of carbonyl (C=O) groups excluding carboxylic acids is 1. The van der Waals surface area contributed by atoms with Gasteiger partial charge < -0.3 is 9.88 Å². The Kier molecular flexibility index (Phi) is 5.97. The Labute approximate surface area is 189 Å². The Morgan fingerprint density at radius 1 is 1.06 bits per heavy atom. The van der Waals surface area contributed by atoms with E-state index in [-0.39, 0.29) is 12.3 Å². The van der Waals surface area contributed by atoms with Crippen LogP contribution in [-0.4, -0.2) is 31.8 Å². The van der Waals surface area contributed by atoms with Gasteiger partial charge in [0, 0.05) is 24.3 Å². The predicted molar refractivity (Wildman–Crippen MR) is 119 cm³/mol. The summed E-state index contributed by atoms with van der Waals surface area (Å²) in [5.74, 6) is 0.700. The molecule has 0 saturated heterocycles. The number of nitrogens with zero attached hydrogens (tertiary/aromatic N) is 4. The van der Waals surface area contributed by atoms with Crippen molar-refractivity contribution in [1.82, 2.24) is 24.6 Å². The van der Waals surface area contributed by atoms with Gasteiger partial charge in [0.2, 0.25) is 5.91 Å². The molecule has 9 heteroatoms. The molecular weight excluding hydrogens is 431 g/mol. The van der Waals surface area contributed by atoms with E-state index >= 15 is 0 Å². The minimum atomic E-state index is -4.44. The van der Waals surface area contributed by atoms with Crippen molar-refractivity contribution in [3.8, 4) is 5.69 Å². The van der Waals surface area contributed by atoms with Gasteiger partial charge in [-0.25, -0.2) is 9.67 Å². The van der Waals surface area contributed by atoms with Gasteiger partial charge in [-0.3, -0.25) is 4.79 Å². The van der Waals surface area contributed by atoms with Crippen LogP contribution in [0.5, 0.6) is 0 Å². The first-order valence-corrected chi connectivity index (χ1v) is 10.6. The fourth-order valence-corrected chi connectivity index (χ4v) is 4.00. The van der Waals surface area contributed by atoms with Gasteiger partial charge in [-0.1, -0.05) is 18.2 Å². The van der Waals surface area contributed by atoms with Gasteiger partial charge >= 0.3 is 6.18 Å². The summed E-state index contributed by atoms with van der Waals surface area (Å²) in [6, 6.07) is 12.8. The molecule has 1 amide bonds. The lowest BCUT2D eigenvalue weighted by atomic mass is 10.1. The number of halogens is 3. The molecule has 2 aromatic carbocycles. The van der Waals surface area contributed by atoms with E-state index in [0.29, 0.717) is 35.7 Å². The number of fused-ring (bicyclic) bond motifs is 1. The molecule has 172 valence electrons. The van der Waals surface area contributed by atoms with Gasteiger partial charge in [0.15, 0.2) is 0 Å². The highest BCUT2D eigenvalue weighted by Crippen LogP contribution is 2.31. The van der Waals surface area contributed by atoms with Crippen LogP contribution in [0.1, 0.15) is 28.3 Å². The van der Waals surface area contributed by atoms with E-state index in [9.17, 15) is 18.0 Å². The molecule has 0 aliphatic heterocycles. The van der Waals surface area contributed by atoms with E-state index in [1.54, 1.807) is 19.9 Å². The fourth-order valence-electron chi connectivity index (χ4n) is 4.00. The highest BCUT2D eigenvalue weighted by Gasteiger charge is 2.30. The second-order valence-electron chi connectivity index (χ2n) is 7.94. The van der Waals surface area contributed by atoms with Crippen molar-refractivity contribution in [2.24, 2.45) is 0 Å². The molecule has 1 N–H and O–H groups in total. The number of rotatable bonds is 6. The van der Waals surface area contributed by atoms with Crippen LogP contribution >= 0.6 is 0 Å². The third-order valence-corrected chi connectivity index (χ3v) is 5.70. The maximum absolute atomic E-state index is 13.1. The quantitative estimate of drug-likeness (QED) is 0.465. The Hall–Kier alpha value is -3.62. The van der Waals surface area contributed by atoms with Crippen molar-refractivity contribution in [2.75, 3.05) is 6.54 Å². The molecule has 4 aromatic rings. The number of para-hydroxylation sites is 2. The average molecular weight is 455 g/mol. The zero-order valence-electron chi connectivity index (χ0n) is 18.6. The molecule has 0 spiro atoms. The van der Waals surface area contributed by atoms with Crippen molar-refractivity contribution < 1.29 is 18.0 Å². The van der Waals surface area contributed by atoms with Gasteiger partial charge in [0.1, 0.15) is 5.82 Å². The number of hydrogen-bond acceptors (Lipinski definition) is 3. The lowest BCUT2D eigenvalue weighted by molar-refractivity contribution is -0.137. The van der Waals surface area contributed by atoms with Crippen LogP contribution in [0.2, 0.25) is 0 Å². The summed E-state index contributed by atoms with van der Waals surface area (Å²) in [5, 5.41) is 7.30. The van der Waals surface area contributed by atoms with Crippen LogP contribution in [-0.2, 0) is 23.9 Å². The highest BCUT2D eigenvalue weighted by molar-refractivity contribution is 5.79. The number of alkyl halides is 3. The van der Waals surface area contributed by atoms with Gasteiger partial charge in [0.25, 0.3) is 0 Å². The standard InChI is InChI=1S/C24H24F3N5O/c1-15-20(16(2)32(30-15)19-8-6-7-18(13-19)24(25,26)27)14-23(33)28-11-12-31-17(3)29-21-9-4-5-10-22(21)31/h4-10,13H,11-12,14H2,1-3H3,(H,28,33). The summed E-state index contributed by atoms with van der Waals surface area (Å²) >= 11 is 0. The largest absolute Gasteiger partial charge is 0.416 e. The lowest BCUT2D eigenvalue weighted by Crippen LogP contribution is -2.29. The first-order valence-electron chi connectivity index (χ1n) is 10.6. The number of aromatic nitrogens is 4. The Morgan fingerprint density at radius 2 is 1.82 bits per heavy atom. The maximum Gasteiger partial charge on any atom is 0.416 e. The molecule has 0 saturated carbocycles. The van der Waals surface area contributed by atoms with Crippen molar-refractivity contribution in [1.29, 1.82) is 0 Å². The molecular formula is C24H24F3N5O. The smallest absolute Gasteiger partial charge is 0.354 e. The number of hydrogen-bond donors (Lipinski definition) is 1. The second kappa shape index (κ2) is 8.73. The summed E-state index contributed by atoms with van der Waals surface area (Å²) in [5.41, 5.74) is 3.44. The van der Waals surface area contributed by atoms with E-state index in [0.717, 1.165) is 29.0 Å². The molecule has 0 atom stereocenters. The van der Waals surface area contributed by atoms with Crippen LogP contribution < -0.4 is 5.32 Å². The molecule has 6 nitrogen and oxygen atoms in total. The molecule has 2 aromatic heterocycles. The first-order chi connectivity index (χ1) is 15.6. The summed E-state index contributed by atoms with van der Waals surface area (Å²) < 4.78 is 42.8.